The van der Waals surface area contributed by atoms with Gasteiger partial charge in [-0.05, 0) is 38.5 Å². The molecule has 8 nitrogen and oxygen atoms in total. The predicted molar refractivity (Wildman–Crippen MR) is 81.5 cm³/mol. The lowest BCUT2D eigenvalue weighted by molar-refractivity contribution is -0.150. The zero-order valence-corrected chi connectivity index (χ0v) is 13.7. The Morgan fingerprint density at radius 3 is 2.30 bits per heavy atom. The van der Waals surface area contributed by atoms with Crippen LogP contribution in [0.1, 0.15) is 32.4 Å². The van der Waals surface area contributed by atoms with Crippen molar-refractivity contribution in [3.05, 3.63) is 17.7 Å². The summed E-state index contributed by atoms with van der Waals surface area (Å²) < 4.78 is 14.5. The number of hydrogen-bond acceptors (Lipinski definition) is 7. The molecule has 1 aromatic carbocycles. The number of phenols is 1. The molecule has 1 amide bonds. The first kappa shape index (κ1) is 18.6. The molecule has 0 aliphatic carbocycles. The summed E-state index contributed by atoms with van der Waals surface area (Å²) in [4.78, 5) is 23.2. The summed E-state index contributed by atoms with van der Waals surface area (Å²) in [5.74, 6) is -1.28. The quantitative estimate of drug-likeness (QED) is 0.572. The largest absolute Gasteiger partial charge is 0.503 e. The molecule has 0 bridgehead atoms. The van der Waals surface area contributed by atoms with E-state index < -0.39 is 23.8 Å². The van der Waals surface area contributed by atoms with Crippen molar-refractivity contribution >= 4 is 17.7 Å². The first-order valence-electron chi connectivity index (χ1n) is 6.76. The summed E-state index contributed by atoms with van der Waals surface area (Å²) in [5.41, 5.74) is -0.721. The number of anilines is 1. The van der Waals surface area contributed by atoms with Gasteiger partial charge in [0.2, 0.25) is 0 Å². The number of aliphatic hydroxyl groups excluding tert-OH is 1. The Bertz CT molecular complexity index is 592. The van der Waals surface area contributed by atoms with Crippen LogP contribution in [-0.4, -0.2) is 42.1 Å². The second-order valence-electron chi connectivity index (χ2n) is 5.67. The molecule has 0 saturated heterocycles. The summed E-state index contributed by atoms with van der Waals surface area (Å²) >= 11 is 0. The van der Waals surface area contributed by atoms with Gasteiger partial charge in [0.1, 0.15) is 5.60 Å². The van der Waals surface area contributed by atoms with Crippen molar-refractivity contribution in [2.45, 2.75) is 32.5 Å². The predicted octanol–water partition coefficient (Wildman–Crippen LogP) is 1.95. The third kappa shape index (κ3) is 5.03. The number of carbonyl (C=O) groups is 2. The zero-order chi connectivity index (χ0) is 17.8. The van der Waals surface area contributed by atoms with Gasteiger partial charge in [-0.2, -0.15) is 0 Å². The van der Waals surface area contributed by atoms with E-state index in [-0.39, 0.29) is 22.7 Å². The maximum Gasteiger partial charge on any atom is 0.412 e. The summed E-state index contributed by atoms with van der Waals surface area (Å²) in [5, 5.41) is 22.3. The normalized spacial score (nSPS) is 12.3. The van der Waals surface area contributed by atoms with Crippen LogP contribution in [0, 0.1) is 0 Å². The molecule has 8 heteroatoms. The maximum atomic E-state index is 11.8. The molecule has 0 heterocycles. The number of carbonyl (C=O) groups excluding carboxylic acids is 2. The van der Waals surface area contributed by atoms with E-state index in [1.807, 2.05) is 0 Å². The van der Waals surface area contributed by atoms with Crippen LogP contribution < -0.4 is 10.1 Å². The highest BCUT2D eigenvalue weighted by Crippen LogP contribution is 2.37. The summed E-state index contributed by atoms with van der Waals surface area (Å²) in [6, 6.07) is 2.49. The van der Waals surface area contributed by atoms with Crippen LogP contribution in [0.4, 0.5) is 10.5 Å². The van der Waals surface area contributed by atoms with Gasteiger partial charge in [0, 0.05) is 0 Å². The van der Waals surface area contributed by atoms with E-state index in [1.165, 1.54) is 19.2 Å². The van der Waals surface area contributed by atoms with Crippen LogP contribution in [0.2, 0.25) is 0 Å². The van der Waals surface area contributed by atoms with Gasteiger partial charge < -0.3 is 24.4 Å². The maximum absolute atomic E-state index is 11.8. The first-order chi connectivity index (χ1) is 10.6. The van der Waals surface area contributed by atoms with E-state index in [0.717, 1.165) is 7.11 Å². The topological polar surface area (TPSA) is 114 Å². The number of benzene rings is 1. The van der Waals surface area contributed by atoms with Crippen LogP contribution in [0.15, 0.2) is 12.1 Å². The van der Waals surface area contributed by atoms with E-state index in [2.05, 4.69) is 10.1 Å². The number of nitrogens with one attached hydrogen (secondary N) is 1. The smallest absolute Gasteiger partial charge is 0.412 e. The van der Waals surface area contributed by atoms with Crippen LogP contribution in [0.25, 0.3) is 0 Å². The van der Waals surface area contributed by atoms with Crippen molar-refractivity contribution in [1.82, 2.24) is 0 Å². The van der Waals surface area contributed by atoms with Gasteiger partial charge in [-0.1, -0.05) is 0 Å². The van der Waals surface area contributed by atoms with Gasteiger partial charge in [-0.15, -0.1) is 0 Å². The molecular weight excluding hydrogens is 306 g/mol. The van der Waals surface area contributed by atoms with Gasteiger partial charge >= 0.3 is 12.1 Å². The van der Waals surface area contributed by atoms with E-state index >= 15 is 0 Å². The van der Waals surface area contributed by atoms with E-state index in [0.29, 0.717) is 0 Å². The molecule has 23 heavy (non-hydrogen) atoms. The molecule has 1 rings (SSSR count). The number of methoxy groups -OCH3 is 2. The third-order valence-electron chi connectivity index (χ3n) is 2.69. The molecule has 0 aromatic heterocycles. The van der Waals surface area contributed by atoms with Crippen LogP contribution in [-0.2, 0) is 14.3 Å². The molecule has 0 aliphatic rings. The molecule has 0 fully saturated rings. The number of ether oxygens (including phenoxy) is 3. The van der Waals surface area contributed by atoms with Crippen LogP contribution in [0.5, 0.6) is 11.5 Å². The van der Waals surface area contributed by atoms with Crippen molar-refractivity contribution in [3.8, 4) is 11.5 Å². The summed E-state index contributed by atoms with van der Waals surface area (Å²) in [6.07, 6.45) is -2.40. The highest BCUT2D eigenvalue weighted by atomic mass is 16.6. The summed E-state index contributed by atoms with van der Waals surface area (Å²) in [6.45, 7) is 5.05. The zero-order valence-electron chi connectivity index (χ0n) is 13.7. The fraction of sp³-hybridized carbons (Fsp3) is 0.467. The SMILES string of the molecule is COC(=O)C(O)c1cc(NC(=O)OC(C)(C)C)c(O)c(OC)c1. The van der Waals surface area contributed by atoms with Crippen molar-refractivity contribution in [2.75, 3.05) is 19.5 Å². The Balaban J connectivity index is 3.16. The molecule has 0 spiro atoms. The lowest BCUT2D eigenvalue weighted by atomic mass is 10.1. The number of amides is 1. The Morgan fingerprint density at radius 2 is 1.83 bits per heavy atom. The van der Waals surface area contributed by atoms with Gasteiger partial charge in [-0.25, -0.2) is 9.59 Å². The Kier molecular flexibility index (Phi) is 5.80. The second-order valence-corrected chi connectivity index (χ2v) is 5.67. The van der Waals surface area contributed by atoms with Crippen LogP contribution in [0.3, 0.4) is 0 Å². The third-order valence-corrected chi connectivity index (χ3v) is 2.69. The van der Waals surface area contributed by atoms with Crippen molar-refractivity contribution in [1.29, 1.82) is 0 Å². The Labute approximate surface area is 134 Å². The molecule has 1 unspecified atom stereocenters. The molecule has 0 radical (unpaired) electrons. The molecule has 1 atom stereocenters. The standard InChI is InChI=1S/C15H21NO7/c1-15(2,3)23-14(20)16-9-6-8(11(17)13(19)22-5)7-10(21-4)12(9)18/h6-7,11,17-18H,1-5H3,(H,16,20). The van der Waals surface area contributed by atoms with Gasteiger partial charge in [0.15, 0.2) is 17.6 Å². The van der Waals surface area contributed by atoms with Gasteiger partial charge in [0.05, 0.1) is 19.9 Å². The van der Waals surface area contributed by atoms with E-state index in [9.17, 15) is 19.8 Å². The Morgan fingerprint density at radius 1 is 1.22 bits per heavy atom. The lowest BCUT2D eigenvalue weighted by Crippen LogP contribution is -2.27. The van der Waals surface area contributed by atoms with Gasteiger partial charge in [0.25, 0.3) is 0 Å². The first-order valence-corrected chi connectivity index (χ1v) is 6.76. The van der Waals surface area contributed by atoms with E-state index in [4.69, 9.17) is 9.47 Å². The number of aromatic hydroxyl groups is 1. The average Bonchev–Trinajstić information content (AvgIpc) is 2.45. The molecular formula is C15H21NO7. The highest BCUT2D eigenvalue weighted by Gasteiger charge is 2.23. The Hall–Kier alpha value is -2.48. The molecule has 1 aromatic rings. The number of aliphatic hydroxyl groups is 1. The minimum Gasteiger partial charge on any atom is -0.503 e. The number of phenolic OH excluding ortho intramolecular Hbond substituents is 1. The summed E-state index contributed by atoms with van der Waals surface area (Å²) in [7, 11) is 2.42. The average molecular weight is 327 g/mol. The van der Waals surface area contributed by atoms with E-state index in [1.54, 1.807) is 20.8 Å². The van der Waals surface area contributed by atoms with Crippen molar-refractivity contribution in [2.24, 2.45) is 0 Å². The number of rotatable bonds is 4. The van der Waals surface area contributed by atoms with Gasteiger partial charge in [-0.3, -0.25) is 5.32 Å². The molecule has 0 aliphatic heterocycles. The molecule has 3 N–H and O–H groups in total. The van der Waals surface area contributed by atoms with Crippen LogP contribution >= 0.6 is 0 Å². The minimum atomic E-state index is -1.59. The monoisotopic (exact) mass is 327 g/mol. The lowest BCUT2D eigenvalue weighted by Gasteiger charge is -2.21. The molecule has 0 saturated carbocycles. The fourth-order valence-electron chi connectivity index (χ4n) is 1.70. The van der Waals surface area contributed by atoms with Crippen molar-refractivity contribution in [3.63, 3.8) is 0 Å². The number of esters is 1. The minimum absolute atomic E-state index is 0.0310. The highest BCUT2D eigenvalue weighted by molar-refractivity contribution is 5.88. The van der Waals surface area contributed by atoms with Crippen molar-refractivity contribution < 1.29 is 34.0 Å². The molecule has 128 valence electrons. The fourth-order valence-corrected chi connectivity index (χ4v) is 1.70. The second kappa shape index (κ2) is 7.19. The number of hydrogen-bond donors (Lipinski definition) is 3.